The van der Waals surface area contributed by atoms with Gasteiger partial charge in [-0.15, -0.1) is 0 Å². The maximum absolute atomic E-state index is 12.5. The molecule has 0 atom stereocenters. The van der Waals surface area contributed by atoms with Crippen LogP contribution in [-0.4, -0.2) is 25.9 Å². The molecule has 0 aliphatic rings. The minimum Gasteiger partial charge on any atom is -0.302 e. The number of aromatic nitrogens is 4. The van der Waals surface area contributed by atoms with E-state index in [-0.39, 0.29) is 10.8 Å². The lowest BCUT2D eigenvalue weighted by Gasteiger charge is -2.04. The standard InChI is InChI=1S/C15H10Cl2F3N5O/c16-9-4-2-1-3-8(9)6-25-7-10(17)13(24-25)21-14(26)11-5-12(23-22-11)15(18,19)20/h1-5,7H,6H2,(H,22,23)(H,21,24,26). The van der Waals surface area contributed by atoms with Crippen LogP contribution in [0.2, 0.25) is 10.0 Å². The lowest BCUT2D eigenvalue weighted by molar-refractivity contribution is -0.141. The van der Waals surface area contributed by atoms with Gasteiger partial charge < -0.3 is 5.32 Å². The Morgan fingerprint density at radius 1 is 1.23 bits per heavy atom. The van der Waals surface area contributed by atoms with Crippen molar-refractivity contribution in [2.45, 2.75) is 12.7 Å². The third kappa shape index (κ3) is 4.00. The molecule has 11 heteroatoms. The number of aromatic amines is 1. The summed E-state index contributed by atoms with van der Waals surface area (Å²) in [6.07, 6.45) is -3.16. The predicted molar refractivity (Wildman–Crippen MR) is 89.3 cm³/mol. The number of halogens is 5. The number of alkyl halides is 3. The first-order chi connectivity index (χ1) is 12.2. The van der Waals surface area contributed by atoms with Crippen molar-refractivity contribution in [2.75, 3.05) is 5.32 Å². The van der Waals surface area contributed by atoms with Crippen molar-refractivity contribution < 1.29 is 18.0 Å². The number of nitrogens with one attached hydrogen (secondary N) is 2. The largest absolute Gasteiger partial charge is 0.432 e. The van der Waals surface area contributed by atoms with E-state index >= 15 is 0 Å². The monoisotopic (exact) mass is 403 g/mol. The lowest BCUT2D eigenvalue weighted by Crippen LogP contribution is -2.13. The molecule has 2 aromatic heterocycles. The van der Waals surface area contributed by atoms with Gasteiger partial charge in [-0.05, 0) is 11.6 Å². The fourth-order valence-electron chi connectivity index (χ4n) is 2.12. The summed E-state index contributed by atoms with van der Waals surface area (Å²) in [5.74, 6) is -0.873. The molecule has 2 heterocycles. The number of hydrogen-bond acceptors (Lipinski definition) is 3. The molecule has 0 unspecified atom stereocenters. The Morgan fingerprint density at radius 2 is 1.96 bits per heavy atom. The molecule has 0 aliphatic heterocycles. The van der Waals surface area contributed by atoms with Gasteiger partial charge in [-0.3, -0.25) is 14.6 Å². The Bertz CT molecular complexity index is 951. The Labute approximate surface area is 154 Å². The number of carbonyl (C=O) groups is 1. The Kier molecular flexibility index (Phi) is 4.92. The van der Waals surface area contributed by atoms with Gasteiger partial charge in [-0.1, -0.05) is 41.4 Å². The van der Waals surface area contributed by atoms with Gasteiger partial charge in [-0.2, -0.15) is 23.4 Å². The summed E-state index contributed by atoms with van der Waals surface area (Å²) < 4.78 is 39.1. The zero-order chi connectivity index (χ0) is 18.9. The van der Waals surface area contributed by atoms with E-state index in [4.69, 9.17) is 23.2 Å². The molecule has 6 nitrogen and oxygen atoms in total. The SMILES string of the molecule is O=C(Nc1nn(Cc2ccccc2Cl)cc1Cl)c1cc(C(F)(F)F)[nH]n1. The van der Waals surface area contributed by atoms with Crippen LogP contribution in [0, 0.1) is 0 Å². The fourth-order valence-corrected chi connectivity index (χ4v) is 2.51. The number of nitrogens with zero attached hydrogens (tertiary/aromatic N) is 3. The molecule has 0 fully saturated rings. The molecule has 0 saturated heterocycles. The first kappa shape index (κ1) is 18.3. The summed E-state index contributed by atoms with van der Waals surface area (Å²) in [7, 11) is 0. The number of benzene rings is 1. The highest BCUT2D eigenvalue weighted by atomic mass is 35.5. The summed E-state index contributed by atoms with van der Waals surface area (Å²) in [6, 6.07) is 7.72. The summed E-state index contributed by atoms with van der Waals surface area (Å²) >= 11 is 12.1. The lowest BCUT2D eigenvalue weighted by atomic mass is 10.2. The highest BCUT2D eigenvalue weighted by Gasteiger charge is 2.34. The number of anilines is 1. The van der Waals surface area contributed by atoms with E-state index < -0.39 is 23.5 Å². The van der Waals surface area contributed by atoms with Crippen LogP contribution in [0.5, 0.6) is 0 Å². The Hall–Kier alpha value is -2.52. The average Bonchev–Trinajstić information content (AvgIpc) is 3.17. The van der Waals surface area contributed by atoms with E-state index in [9.17, 15) is 18.0 Å². The van der Waals surface area contributed by atoms with Crippen LogP contribution >= 0.6 is 23.2 Å². The van der Waals surface area contributed by atoms with Crippen molar-refractivity contribution in [3.05, 3.63) is 63.5 Å². The minimum absolute atomic E-state index is 0.000258. The quantitative estimate of drug-likeness (QED) is 0.684. The molecule has 26 heavy (non-hydrogen) atoms. The number of H-pyrrole nitrogens is 1. The van der Waals surface area contributed by atoms with Crippen molar-refractivity contribution in [2.24, 2.45) is 0 Å². The highest BCUT2D eigenvalue weighted by molar-refractivity contribution is 6.33. The van der Waals surface area contributed by atoms with Crippen molar-refractivity contribution in [3.8, 4) is 0 Å². The van der Waals surface area contributed by atoms with E-state index in [1.807, 2.05) is 6.07 Å². The zero-order valence-electron chi connectivity index (χ0n) is 12.8. The van der Waals surface area contributed by atoms with Crippen LogP contribution in [0.1, 0.15) is 21.7 Å². The van der Waals surface area contributed by atoms with E-state index in [2.05, 4.69) is 15.5 Å². The van der Waals surface area contributed by atoms with E-state index in [0.717, 1.165) is 5.56 Å². The van der Waals surface area contributed by atoms with Crippen LogP contribution < -0.4 is 5.32 Å². The first-order valence-corrected chi connectivity index (χ1v) is 7.90. The average molecular weight is 404 g/mol. The molecule has 0 aliphatic carbocycles. The molecule has 3 aromatic rings. The molecule has 0 spiro atoms. The molecular formula is C15H10Cl2F3N5O. The number of carbonyl (C=O) groups excluding carboxylic acids is 1. The molecule has 0 saturated carbocycles. The molecule has 1 amide bonds. The molecule has 136 valence electrons. The molecule has 1 aromatic carbocycles. The van der Waals surface area contributed by atoms with Gasteiger partial charge in [0.25, 0.3) is 5.91 Å². The van der Waals surface area contributed by atoms with Gasteiger partial charge in [0.1, 0.15) is 10.7 Å². The van der Waals surface area contributed by atoms with Gasteiger partial charge in [0.05, 0.1) is 6.54 Å². The second-order valence-electron chi connectivity index (χ2n) is 5.23. The Balaban J connectivity index is 1.74. The second kappa shape index (κ2) is 7.00. The van der Waals surface area contributed by atoms with Crippen molar-refractivity contribution in [1.82, 2.24) is 20.0 Å². The molecule has 2 N–H and O–H groups in total. The topological polar surface area (TPSA) is 75.6 Å². The van der Waals surface area contributed by atoms with Crippen molar-refractivity contribution in [1.29, 1.82) is 0 Å². The maximum Gasteiger partial charge on any atom is 0.432 e. The molecular weight excluding hydrogens is 394 g/mol. The van der Waals surface area contributed by atoms with E-state index in [1.54, 1.807) is 23.3 Å². The van der Waals surface area contributed by atoms with Gasteiger partial charge in [0.2, 0.25) is 0 Å². The predicted octanol–water partition coefficient (Wildman–Crippen LogP) is 4.23. The fraction of sp³-hybridized carbons (Fsp3) is 0.133. The Morgan fingerprint density at radius 3 is 2.62 bits per heavy atom. The van der Waals surface area contributed by atoms with Crippen LogP contribution in [0.4, 0.5) is 19.0 Å². The number of rotatable bonds is 4. The third-order valence-electron chi connectivity index (χ3n) is 3.36. The summed E-state index contributed by atoms with van der Waals surface area (Å²) in [6.45, 7) is 0.301. The van der Waals surface area contributed by atoms with E-state index in [0.29, 0.717) is 17.6 Å². The zero-order valence-corrected chi connectivity index (χ0v) is 14.3. The molecule has 0 radical (unpaired) electrons. The smallest absolute Gasteiger partial charge is 0.302 e. The summed E-state index contributed by atoms with van der Waals surface area (Å²) in [5, 5.41) is 12.2. The van der Waals surface area contributed by atoms with Crippen LogP contribution in [0.15, 0.2) is 36.5 Å². The third-order valence-corrected chi connectivity index (χ3v) is 4.00. The normalized spacial score (nSPS) is 11.6. The first-order valence-electron chi connectivity index (χ1n) is 7.14. The summed E-state index contributed by atoms with van der Waals surface area (Å²) in [5.41, 5.74) is -0.777. The molecule has 0 bridgehead atoms. The minimum atomic E-state index is -4.63. The van der Waals surface area contributed by atoms with Crippen molar-refractivity contribution in [3.63, 3.8) is 0 Å². The van der Waals surface area contributed by atoms with Crippen LogP contribution in [-0.2, 0) is 12.7 Å². The van der Waals surface area contributed by atoms with Gasteiger partial charge in [-0.25, -0.2) is 0 Å². The number of amides is 1. The van der Waals surface area contributed by atoms with Crippen molar-refractivity contribution >= 4 is 34.9 Å². The maximum atomic E-state index is 12.5. The van der Waals surface area contributed by atoms with Gasteiger partial charge in [0, 0.05) is 17.3 Å². The second-order valence-corrected chi connectivity index (χ2v) is 6.05. The van der Waals surface area contributed by atoms with Crippen LogP contribution in [0.3, 0.4) is 0 Å². The highest BCUT2D eigenvalue weighted by Crippen LogP contribution is 2.28. The van der Waals surface area contributed by atoms with Gasteiger partial charge >= 0.3 is 6.18 Å². The van der Waals surface area contributed by atoms with Crippen LogP contribution in [0.25, 0.3) is 0 Å². The number of hydrogen-bond donors (Lipinski definition) is 2. The summed E-state index contributed by atoms with van der Waals surface area (Å²) in [4.78, 5) is 12.0. The molecule has 3 rings (SSSR count). The van der Waals surface area contributed by atoms with E-state index in [1.165, 1.54) is 10.9 Å². The van der Waals surface area contributed by atoms with Gasteiger partial charge in [0.15, 0.2) is 11.5 Å².